The molecule has 1 heterocycles. The van der Waals surface area contributed by atoms with E-state index in [-0.39, 0.29) is 0 Å². The summed E-state index contributed by atoms with van der Waals surface area (Å²) >= 11 is 3.44. The number of carbonyl (C=O) groups excluding carboxylic acids is 1. The van der Waals surface area contributed by atoms with E-state index in [1.54, 1.807) is 18.5 Å². The van der Waals surface area contributed by atoms with Crippen LogP contribution in [0.1, 0.15) is 5.56 Å². The Balaban J connectivity index is 2.48. The third-order valence-corrected chi connectivity index (χ3v) is 2.91. The number of nitrogens with two attached hydrogens (primary N) is 1. The molecule has 2 rings (SSSR count). The molecule has 0 atom stereocenters. The van der Waals surface area contributed by atoms with Crippen LogP contribution in [-0.2, 0) is 4.79 Å². The molecule has 1 aromatic heterocycles. The van der Waals surface area contributed by atoms with Crippen molar-refractivity contribution in [2.24, 2.45) is 5.73 Å². The Labute approximate surface area is 113 Å². The van der Waals surface area contributed by atoms with Gasteiger partial charge in [0.15, 0.2) is 0 Å². The number of aromatic nitrogens is 1. The molecule has 0 radical (unpaired) electrons. The normalized spacial score (nSPS) is 10.7. The summed E-state index contributed by atoms with van der Waals surface area (Å²) in [5.74, 6) is -0.473. The first kappa shape index (κ1) is 12.5. The maximum Gasteiger partial charge on any atom is 0.241 e. The van der Waals surface area contributed by atoms with Crippen molar-refractivity contribution in [1.29, 1.82) is 0 Å². The number of halogens is 1. The molecule has 0 spiro atoms. The van der Waals surface area contributed by atoms with E-state index >= 15 is 0 Å². The van der Waals surface area contributed by atoms with Crippen LogP contribution in [0.4, 0.5) is 0 Å². The van der Waals surface area contributed by atoms with Gasteiger partial charge in [0.1, 0.15) is 0 Å². The zero-order chi connectivity index (χ0) is 13.0. The van der Waals surface area contributed by atoms with Gasteiger partial charge in [0.05, 0.1) is 0 Å². The van der Waals surface area contributed by atoms with E-state index in [0.717, 1.165) is 21.2 Å². The van der Waals surface area contributed by atoms with E-state index in [0.29, 0.717) is 0 Å². The van der Waals surface area contributed by atoms with Gasteiger partial charge in [-0.3, -0.25) is 9.78 Å². The molecule has 0 aliphatic rings. The van der Waals surface area contributed by atoms with E-state index in [9.17, 15) is 4.79 Å². The van der Waals surface area contributed by atoms with Crippen LogP contribution in [0.5, 0.6) is 0 Å². The van der Waals surface area contributed by atoms with Gasteiger partial charge in [0, 0.05) is 28.5 Å². The summed E-state index contributed by atoms with van der Waals surface area (Å²) in [7, 11) is 0. The fraction of sp³-hybridized carbons (Fsp3) is 0. The maximum absolute atomic E-state index is 10.8. The second-order valence-electron chi connectivity index (χ2n) is 3.71. The number of hydrogen-bond donors (Lipinski definition) is 1. The van der Waals surface area contributed by atoms with E-state index in [1.165, 1.54) is 6.08 Å². The molecule has 0 aliphatic heterocycles. The summed E-state index contributed by atoms with van der Waals surface area (Å²) in [6.07, 6.45) is 6.43. The van der Waals surface area contributed by atoms with Crippen LogP contribution in [0.25, 0.3) is 17.2 Å². The van der Waals surface area contributed by atoms with Crippen molar-refractivity contribution < 1.29 is 4.79 Å². The van der Waals surface area contributed by atoms with E-state index in [1.807, 2.05) is 30.3 Å². The van der Waals surface area contributed by atoms with Crippen LogP contribution in [0.15, 0.2) is 53.3 Å². The largest absolute Gasteiger partial charge is 0.366 e. The fourth-order valence-corrected chi connectivity index (χ4v) is 2.03. The lowest BCUT2D eigenvalue weighted by Gasteiger charge is -2.06. The summed E-state index contributed by atoms with van der Waals surface area (Å²) in [5.41, 5.74) is 8.01. The monoisotopic (exact) mass is 302 g/mol. The predicted molar refractivity (Wildman–Crippen MR) is 75.6 cm³/mol. The van der Waals surface area contributed by atoms with Crippen molar-refractivity contribution >= 4 is 27.9 Å². The maximum atomic E-state index is 10.8. The number of primary amides is 1. The molecule has 3 nitrogen and oxygen atoms in total. The highest BCUT2D eigenvalue weighted by Crippen LogP contribution is 2.26. The van der Waals surface area contributed by atoms with Crippen molar-refractivity contribution in [2.45, 2.75) is 0 Å². The lowest BCUT2D eigenvalue weighted by molar-refractivity contribution is -0.113. The highest BCUT2D eigenvalue weighted by Gasteiger charge is 2.03. The van der Waals surface area contributed by atoms with Crippen molar-refractivity contribution in [3.63, 3.8) is 0 Å². The number of pyridine rings is 1. The van der Waals surface area contributed by atoms with Crippen LogP contribution in [-0.4, -0.2) is 10.9 Å². The first-order valence-electron chi connectivity index (χ1n) is 5.34. The Bertz CT molecular complexity index is 608. The zero-order valence-corrected chi connectivity index (χ0v) is 11.1. The molecule has 2 aromatic rings. The van der Waals surface area contributed by atoms with Gasteiger partial charge in [-0.2, -0.15) is 0 Å². The summed E-state index contributed by atoms with van der Waals surface area (Å²) in [6, 6.07) is 9.84. The Morgan fingerprint density at radius 2 is 2.17 bits per heavy atom. The fourth-order valence-electron chi connectivity index (χ4n) is 1.63. The Morgan fingerprint density at radius 1 is 1.33 bits per heavy atom. The van der Waals surface area contributed by atoms with Crippen molar-refractivity contribution in [1.82, 2.24) is 4.98 Å². The molecule has 4 heteroatoms. The third-order valence-electron chi connectivity index (χ3n) is 2.41. The van der Waals surface area contributed by atoms with Gasteiger partial charge in [0.25, 0.3) is 0 Å². The number of hydrogen-bond acceptors (Lipinski definition) is 2. The van der Waals surface area contributed by atoms with Gasteiger partial charge in [-0.15, -0.1) is 0 Å². The van der Waals surface area contributed by atoms with E-state index < -0.39 is 5.91 Å². The first-order chi connectivity index (χ1) is 8.66. The standard InChI is InChI=1S/C14H11BrN2O/c15-12-3-1-2-10(8-12)13-6-7-17-9-11(13)4-5-14(16)18/h1-9H,(H2,16,18)/b5-4+. The number of nitrogens with zero attached hydrogens (tertiary/aromatic N) is 1. The summed E-state index contributed by atoms with van der Waals surface area (Å²) < 4.78 is 1.00. The Hall–Kier alpha value is -1.94. The van der Waals surface area contributed by atoms with Crippen molar-refractivity contribution in [2.75, 3.05) is 0 Å². The number of carbonyl (C=O) groups is 1. The van der Waals surface area contributed by atoms with E-state index in [2.05, 4.69) is 20.9 Å². The SMILES string of the molecule is NC(=O)/C=C/c1cnccc1-c1cccc(Br)c1. The summed E-state index contributed by atoms with van der Waals surface area (Å²) in [4.78, 5) is 14.8. The minimum absolute atomic E-state index is 0.473. The van der Waals surface area contributed by atoms with Crippen molar-refractivity contribution in [3.8, 4) is 11.1 Å². The van der Waals surface area contributed by atoms with Crippen LogP contribution < -0.4 is 5.73 Å². The first-order valence-corrected chi connectivity index (χ1v) is 6.13. The lowest BCUT2D eigenvalue weighted by Crippen LogP contribution is -2.05. The predicted octanol–water partition coefficient (Wildman–Crippen LogP) is 3.01. The van der Waals surface area contributed by atoms with Gasteiger partial charge < -0.3 is 5.73 Å². The topological polar surface area (TPSA) is 56.0 Å². The molecule has 0 unspecified atom stereocenters. The highest BCUT2D eigenvalue weighted by atomic mass is 79.9. The molecule has 1 aromatic carbocycles. The van der Waals surface area contributed by atoms with Gasteiger partial charge in [-0.05, 0) is 35.4 Å². The van der Waals surface area contributed by atoms with E-state index in [4.69, 9.17) is 5.73 Å². The van der Waals surface area contributed by atoms with Gasteiger partial charge in [0.2, 0.25) is 5.91 Å². The molecular formula is C14H11BrN2O. The highest BCUT2D eigenvalue weighted by molar-refractivity contribution is 9.10. The van der Waals surface area contributed by atoms with Crippen LogP contribution in [0, 0.1) is 0 Å². The van der Waals surface area contributed by atoms with Crippen molar-refractivity contribution in [3.05, 3.63) is 58.8 Å². The molecule has 0 aliphatic carbocycles. The number of rotatable bonds is 3. The molecule has 90 valence electrons. The van der Waals surface area contributed by atoms with Gasteiger partial charge in [-0.1, -0.05) is 28.1 Å². The van der Waals surface area contributed by atoms with Crippen LogP contribution >= 0.6 is 15.9 Å². The molecule has 1 amide bonds. The molecular weight excluding hydrogens is 292 g/mol. The van der Waals surface area contributed by atoms with Gasteiger partial charge in [-0.25, -0.2) is 0 Å². The van der Waals surface area contributed by atoms with Crippen LogP contribution in [0.2, 0.25) is 0 Å². The Morgan fingerprint density at radius 3 is 2.89 bits per heavy atom. The molecule has 0 bridgehead atoms. The number of benzene rings is 1. The quantitative estimate of drug-likeness (QED) is 0.886. The third kappa shape index (κ3) is 3.05. The molecule has 0 saturated carbocycles. The summed E-state index contributed by atoms with van der Waals surface area (Å²) in [6.45, 7) is 0. The average molecular weight is 303 g/mol. The number of amides is 1. The minimum Gasteiger partial charge on any atom is -0.366 e. The molecule has 0 saturated heterocycles. The second-order valence-corrected chi connectivity index (χ2v) is 4.62. The lowest BCUT2D eigenvalue weighted by atomic mass is 10.0. The zero-order valence-electron chi connectivity index (χ0n) is 9.51. The second kappa shape index (κ2) is 5.60. The molecule has 2 N–H and O–H groups in total. The average Bonchev–Trinajstić information content (AvgIpc) is 2.36. The van der Waals surface area contributed by atoms with Crippen LogP contribution in [0.3, 0.4) is 0 Å². The molecule has 18 heavy (non-hydrogen) atoms. The summed E-state index contributed by atoms with van der Waals surface area (Å²) in [5, 5.41) is 0. The molecule has 0 fully saturated rings. The Kier molecular flexibility index (Phi) is 3.89. The smallest absolute Gasteiger partial charge is 0.241 e. The van der Waals surface area contributed by atoms with Gasteiger partial charge >= 0.3 is 0 Å². The minimum atomic E-state index is -0.473.